The van der Waals surface area contributed by atoms with Crippen molar-refractivity contribution in [1.29, 1.82) is 0 Å². The Hall–Kier alpha value is -3.94. The van der Waals surface area contributed by atoms with Crippen LogP contribution in [0.4, 0.5) is 5.69 Å². The highest BCUT2D eigenvalue weighted by Gasteiger charge is 2.41. The fourth-order valence-electron chi connectivity index (χ4n) is 4.79. The lowest BCUT2D eigenvalue weighted by Gasteiger charge is -2.35. The molecule has 8 heteroatoms. The van der Waals surface area contributed by atoms with Crippen LogP contribution in [-0.2, 0) is 9.59 Å². The van der Waals surface area contributed by atoms with E-state index in [0.29, 0.717) is 28.7 Å². The summed E-state index contributed by atoms with van der Waals surface area (Å²) in [5.74, 6) is 1.37. The second kappa shape index (κ2) is 10.8. The monoisotopic (exact) mass is 490 g/mol. The van der Waals surface area contributed by atoms with Crippen molar-refractivity contribution in [1.82, 2.24) is 5.32 Å². The van der Waals surface area contributed by atoms with Gasteiger partial charge in [0.2, 0.25) is 6.10 Å². The van der Waals surface area contributed by atoms with Crippen LogP contribution in [0.3, 0.4) is 0 Å². The van der Waals surface area contributed by atoms with Crippen molar-refractivity contribution in [2.75, 3.05) is 18.6 Å². The Morgan fingerprint density at radius 3 is 2.42 bits per heavy atom. The molecule has 3 aromatic rings. The minimum atomic E-state index is -1.02. The summed E-state index contributed by atoms with van der Waals surface area (Å²) >= 11 is 0. The van der Waals surface area contributed by atoms with Gasteiger partial charge >= 0.3 is 0 Å². The Balaban J connectivity index is 1.50. The minimum absolute atomic E-state index is 0.0254. The molecular formula is C28H30N2O6. The molecular weight excluding hydrogens is 460 g/mol. The molecule has 0 bridgehead atoms. The van der Waals surface area contributed by atoms with Crippen LogP contribution in [0.5, 0.6) is 17.2 Å². The highest BCUT2D eigenvalue weighted by atomic mass is 16.6. The van der Waals surface area contributed by atoms with Crippen molar-refractivity contribution >= 4 is 17.5 Å². The number of hydrogen-bond donors (Lipinski definition) is 1. The van der Waals surface area contributed by atoms with Gasteiger partial charge in [-0.2, -0.15) is 0 Å². The largest absolute Gasteiger partial charge is 0.497 e. The number of rotatable bonds is 7. The molecule has 0 unspecified atom stereocenters. The molecule has 1 aliphatic carbocycles. The van der Waals surface area contributed by atoms with E-state index in [1.54, 1.807) is 55.6 Å². The molecule has 2 amide bonds. The Bertz CT molecular complexity index is 1170. The average Bonchev–Trinajstić information content (AvgIpc) is 3.46. The number of anilines is 1. The first kappa shape index (κ1) is 23.8. The first-order valence-electron chi connectivity index (χ1n) is 12.3. The number of amides is 2. The predicted molar refractivity (Wildman–Crippen MR) is 133 cm³/mol. The van der Waals surface area contributed by atoms with E-state index in [9.17, 15) is 9.59 Å². The second-order valence-corrected chi connectivity index (χ2v) is 9.03. The van der Waals surface area contributed by atoms with Crippen LogP contribution in [-0.4, -0.2) is 37.7 Å². The van der Waals surface area contributed by atoms with E-state index in [2.05, 4.69) is 5.32 Å². The lowest BCUT2D eigenvalue weighted by atomic mass is 9.95. The van der Waals surface area contributed by atoms with E-state index >= 15 is 0 Å². The van der Waals surface area contributed by atoms with Crippen molar-refractivity contribution in [2.45, 2.75) is 50.3 Å². The summed E-state index contributed by atoms with van der Waals surface area (Å²) in [4.78, 5) is 29.3. The molecule has 2 atom stereocenters. The van der Waals surface area contributed by atoms with Crippen LogP contribution in [0, 0.1) is 0 Å². The van der Waals surface area contributed by atoms with Crippen LogP contribution in [0.15, 0.2) is 71.3 Å². The summed E-state index contributed by atoms with van der Waals surface area (Å²) in [6.07, 6.45) is 5.72. The number of carbonyl (C=O) groups is 2. The number of benzene rings is 2. The topological polar surface area (TPSA) is 90.2 Å². The minimum Gasteiger partial charge on any atom is -0.497 e. The molecule has 1 saturated carbocycles. The number of nitrogens with one attached hydrogen (secondary N) is 1. The Kier molecular flexibility index (Phi) is 7.11. The number of furan rings is 1. The van der Waals surface area contributed by atoms with E-state index in [1.165, 1.54) is 17.6 Å². The number of ether oxygens (including phenoxy) is 3. The van der Waals surface area contributed by atoms with Crippen molar-refractivity contribution in [2.24, 2.45) is 0 Å². The van der Waals surface area contributed by atoms with Crippen LogP contribution in [0.2, 0.25) is 0 Å². The summed E-state index contributed by atoms with van der Waals surface area (Å²) < 4.78 is 22.8. The number of fused-ring (bicyclic) bond motifs is 1. The standard InChI is InChI=1S/C28H30N2O6/c1-33-21-15-13-20(14-16-21)30(28(32)25-18-35-22-10-5-6-11-23(22)36-25)26(24-12-7-17-34-24)27(31)29-19-8-3-2-4-9-19/h5-7,10-17,19,25-26H,2-4,8-9,18H2,1H3,(H,29,31)/t25-,26+/m1/s1. The zero-order chi connectivity index (χ0) is 24.9. The van der Waals surface area contributed by atoms with Crippen molar-refractivity contribution in [3.63, 3.8) is 0 Å². The van der Waals surface area contributed by atoms with Gasteiger partial charge in [0.1, 0.15) is 18.1 Å². The summed E-state index contributed by atoms with van der Waals surface area (Å²) in [6, 6.07) is 16.7. The van der Waals surface area contributed by atoms with Gasteiger partial charge < -0.3 is 23.9 Å². The fraction of sp³-hybridized carbons (Fsp3) is 0.357. The van der Waals surface area contributed by atoms with Gasteiger partial charge in [-0.05, 0) is 61.4 Å². The van der Waals surface area contributed by atoms with Gasteiger partial charge in [0, 0.05) is 11.7 Å². The number of nitrogens with zero attached hydrogens (tertiary/aromatic N) is 1. The van der Waals surface area contributed by atoms with Gasteiger partial charge in [-0.1, -0.05) is 31.4 Å². The third-order valence-corrected chi connectivity index (χ3v) is 6.64. The summed E-state index contributed by atoms with van der Waals surface area (Å²) in [5, 5.41) is 3.16. The Morgan fingerprint density at radius 2 is 1.72 bits per heavy atom. The van der Waals surface area contributed by atoms with Gasteiger partial charge in [0.15, 0.2) is 17.5 Å². The first-order valence-corrected chi connectivity index (χ1v) is 12.3. The molecule has 188 valence electrons. The first-order chi connectivity index (χ1) is 17.6. The normalized spacial score (nSPS) is 18.2. The highest BCUT2D eigenvalue weighted by Crippen LogP contribution is 2.35. The van der Waals surface area contributed by atoms with Crippen LogP contribution in [0.1, 0.15) is 43.9 Å². The lowest BCUT2D eigenvalue weighted by Crippen LogP contribution is -2.52. The average molecular weight is 491 g/mol. The van der Waals surface area contributed by atoms with E-state index in [0.717, 1.165) is 25.7 Å². The van der Waals surface area contributed by atoms with E-state index in [4.69, 9.17) is 18.6 Å². The maximum absolute atomic E-state index is 14.1. The quantitative estimate of drug-likeness (QED) is 0.519. The molecule has 2 aromatic carbocycles. The molecule has 1 N–H and O–H groups in total. The molecule has 0 spiro atoms. The molecule has 1 fully saturated rings. The Labute approximate surface area is 210 Å². The third-order valence-electron chi connectivity index (χ3n) is 6.64. The van der Waals surface area contributed by atoms with Gasteiger partial charge in [-0.15, -0.1) is 0 Å². The van der Waals surface area contributed by atoms with Crippen LogP contribution < -0.4 is 24.4 Å². The molecule has 5 rings (SSSR count). The highest BCUT2D eigenvalue weighted by molar-refractivity contribution is 6.03. The van der Waals surface area contributed by atoms with Crippen molar-refractivity contribution in [3.05, 3.63) is 72.7 Å². The summed E-state index contributed by atoms with van der Waals surface area (Å²) in [7, 11) is 1.58. The molecule has 36 heavy (non-hydrogen) atoms. The molecule has 2 heterocycles. The lowest BCUT2D eigenvalue weighted by molar-refractivity contribution is -0.132. The van der Waals surface area contributed by atoms with Gasteiger partial charge in [-0.3, -0.25) is 14.5 Å². The number of carbonyl (C=O) groups excluding carboxylic acids is 2. The molecule has 1 aromatic heterocycles. The zero-order valence-corrected chi connectivity index (χ0v) is 20.2. The van der Waals surface area contributed by atoms with E-state index in [-0.39, 0.29) is 18.6 Å². The molecule has 1 aliphatic heterocycles. The van der Waals surface area contributed by atoms with Gasteiger partial charge in [0.05, 0.1) is 13.4 Å². The number of hydrogen-bond acceptors (Lipinski definition) is 6. The molecule has 0 saturated heterocycles. The van der Waals surface area contributed by atoms with Crippen LogP contribution in [0.25, 0.3) is 0 Å². The third kappa shape index (κ3) is 5.03. The van der Waals surface area contributed by atoms with Crippen molar-refractivity contribution < 1.29 is 28.2 Å². The second-order valence-electron chi connectivity index (χ2n) is 9.03. The van der Waals surface area contributed by atoms with E-state index in [1.807, 2.05) is 12.1 Å². The maximum Gasteiger partial charge on any atom is 0.272 e. The van der Waals surface area contributed by atoms with Crippen LogP contribution >= 0.6 is 0 Å². The fourth-order valence-corrected chi connectivity index (χ4v) is 4.79. The van der Waals surface area contributed by atoms with Gasteiger partial charge in [0.25, 0.3) is 11.8 Å². The zero-order valence-electron chi connectivity index (χ0n) is 20.2. The molecule has 2 aliphatic rings. The van der Waals surface area contributed by atoms with Crippen molar-refractivity contribution in [3.8, 4) is 17.2 Å². The maximum atomic E-state index is 14.1. The summed E-state index contributed by atoms with van der Waals surface area (Å²) in [6.45, 7) is 0.0254. The smallest absolute Gasteiger partial charge is 0.272 e. The Morgan fingerprint density at radius 1 is 0.972 bits per heavy atom. The number of para-hydroxylation sites is 2. The number of methoxy groups -OCH3 is 1. The van der Waals surface area contributed by atoms with Gasteiger partial charge in [-0.25, -0.2) is 0 Å². The molecule has 8 nitrogen and oxygen atoms in total. The predicted octanol–water partition coefficient (Wildman–Crippen LogP) is 4.65. The summed E-state index contributed by atoms with van der Waals surface area (Å²) in [5.41, 5.74) is 0.517. The molecule has 0 radical (unpaired) electrons. The SMILES string of the molecule is COc1ccc(N(C(=O)[C@H]2COc3ccccc3O2)[C@H](C(=O)NC2CCCCC2)c2ccco2)cc1. The van der Waals surface area contributed by atoms with E-state index < -0.39 is 18.1 Å².